The molecule has 3 atom stereocenters. The van der Waals surface area contributed by atoms with Gasteiger partial charge >= 0.3 is 0 Å². The molecule has 2 aliphatic heterocycles. The van der Waals surface area contributed by atoms with Crippen LogP contribution in [0.15, 0.2) is 47.1 Å². The Morgan fingerprint density at radius 3 is 2.75 bits per heavy atom. The molecule has 1 aromatic heterocycles. The number of nitrogens with one attached hydrogen (secondary N) is 1. The van der Waals surface area contributed by atoms with Gasteiger partial charge in [-0.2, -0.15) is 5.26 Å². The topological polar surface area (TPSA) is 107 Å². The first-order valence-electron chi connectivity index (χ1n) is 10.8. The smallest absolute Gasteiger partial charge is 0.255 e. The van der Waals surface area contributed by atoms with E-state index in [1.54, 1.807) is 54.2 Å². The van der Waals surface area contributed by atoms with Crippen LogP contribution in [0.4, 0.5) is 0 Å². The minimum atomic E-state index is -1.17. The summed E-state index contributed by atoms with van der Waals surface area (Å²) in [6, 6.07) is 11.2. The maximum atomic E-state index is 14.0. The van der Waals surface area contributed by atoms with Crippen LogP contribution in [-0.2, 0) is 9.59 Å². The number of benzene rings is 1. The van der Waals surface area contributed by atoms with Gasteiger partial charge in [0, 0.05) is 26.2 Å². The van der Waals surface area contributed by atoms with Crippen LogP contribution in [0, 0.1) is 17.2 Å². The summed E-state index contributed by atoms with van der Waals surface area (Å²) in [7, 11) is 3.29. The third-order valence-electron chi connectivity index (χ3n) is 6.63. The van der Waals surface area contributed by atoms with E-state index < -0.39 is 23.4 Å². The standard InChI is InChI=1S/C24H26N4O4/c1-26-21(29)18-14-24(10-3-4-11-27(2)23(24)31)28(20(18)19-9-6-12-32-19)22(30)17-8-5-7-16(13-17)15-25/h5-9,12-13,18,20H,3-4,10-11,14H2,1-2H3,(H,26,29)/t18-,20+,24-/m0/s1. The highest BCUT2D eigenvalue weighted by molar-refractivity contribution is 6.01. The molecule has 0 aliphatic carbocycles. The van der Waals surface area contributed by atoms with Crippen LogP contribution >= 0.6 is 0 Å². The van der Waals surface area contributed by atoms with Crippen LogP contribution in [0.2, 0.25) is 0 Å². The normalized spacial score (nSPS) is 25.5. The molecule has 4 rings (SSSR count). The number of amides is 3. The molecule has 2 fully saturated rings. The van der Waals surface area contributed by atoms with Crippen LogP contribution in [0.25, 0.3) is 0 Å². The molecule has 0 bridgehead atoms. The minimum absolute atomic E-state index is 0.164. The van der Waals surface area contributed by atoms with Gasteiger partial charge < -0.3 is 19.5 Å². The molecule has 2 aromatic rings. The van der Waals surface area contributed by atoms with E-state index in [-0.39, 0.29) is 18.2 Å². The molecular formula is C24H26N4O4. The van der Waals surface area contributed by atoms with Gasteiger partial charge in [0.25, 0.3) is 5.91 Å². The Morgan fingerprint density at radius 2 is 2.06 bits per heavy atom. The molecular weight excluding hydrogens is 408 g/mol. The van der Waals surface area contributed by atoms with E-state index >= 15 is 0 Å². The SMILES string of the molecule is CNC(=O)[C@H]1C[C@]2(CCCCN(C)C2=O)N(C(=O)c2cccc(C#N)c2)[C@H]1c1ccco1. The molecule has 1 aromatic carbocycles. The second-order valence-electron chi connectivity index (χ2n) is 8.47. The van der Waals surface area contributed by atoms with Crippen molar-refractivity contribution in [2.24, 2.45) is 5.92 Å². The Balaban J connectivity index is 1.91. The predicted molar refractivity (Wildman–Crippen MR) is 115 cm³/mol. The number of carbonyl (C=O) groups excluding carboxylic acids is 3. The van der Waals surface area contributed by atoms with Gasteiger partial charge in [0.15, 0.2) is 0 Å². The van der Waals surface area contributed by atoms with Crippen molar-refractivity contribution in [1.82, 2.24) is 15.1 Å². The van der Waals surface area contributed by atoms with Crippen LogP contribution in [0.3, 0.4) is 0 Å². The number of hydrogen-bond donors (Lipinski definition) is 1. The highest BCUT2D eigenvalue weighted by Gasteiger charge is 2.61. The Morgan fingerprint density at radius 1 is 1.25 bits per heavy atom. The second-order valence-corrected chi connectivity index (χ2v) is 8.47. The van der Waals surface area contributed by atoms with Crippen molar-refractivity contribution >= 4 is 17.7 Å². The van der Waals surface area contributed by atoms with Gasteiger partial charge in [-0.3, -0.25) is 14.4 Å². The number of furan rings is 1. The number of likely N-dealkylation sites (N-methyl/N-ethyl adjacent to an activating group) is 1. The first kappa shape index (κ1) is 21.6. The van der Waals surface area contributed by atoms with Crippen molar-refractivity contribution in [2.45, 2.75) is 37.3 Å². The van der Waals surface area contributed by atoms with E-state index in [0.717, 1.165) is 12.8 Å². The molecule has 0 saturated carbocycles. The first-order chi connectivity index (χ1) is 15.4. The van der Waals surface area contributed by atoms with Crippen molar-refractivity contribution in [1.29, 1.82) is 5.26 Å². The number of carbonyl (C=O) groups is 3. The zero-order valence-corrected chi connectivity index (χ0v) is 18.2. The van der Waals surface area contributed by atoms with Crippen LogP contribution < -0.4 is 5.32 Å². The van der Waals surface area contributed by atoms with Crippen molar-refractivity contribution in [3.63, 3.8) is 0 Å². The number of rotatable bonds is 3. The van der Waals surface area contributed by atoms with E-state index in [0.29, 0.717) is 29.9 Å². The number of nitriles is 1. The molecule has 8 heteroatoms. The molecule has 0 unspecified atom stereocenters. The van der Waals surface area contributed by atoms with Gasteiger partial charge in [-0.05, 0) is 56.0 Å². The van der Waals surface area contributed by atoms with E-state index in [1.165, 1.54) is 12.3 Å². The monoisotopic (exact) mass is 434 g/mol. The van der Waals surface area contributed by atoms with E-state index in [9.17, 15) is 19.6 Å². The fourth-order valence-electron chi connectivity index (χ4n) is 5.15. The minimum Gasteiger partial charge on any atom is -0.467 e. The van der Waals surface area contributed by atoms with E-state index in [4.69, 9.17) is 4.42 Å². The fraction of sp³-hybridized carbons (Fsp3) is 0.417. The highest BCUT2D eigenvalue weighted by Crippen LogP contribution is 2.51. The van der Waals surface area contributed by atoms with Crippen LogP contribution in [0.1, 0.15) is 53.4 Å². The summed E-state index contributed by atoms with van der Waals surface area (Å²) in [4.78, 5) is 43.9. The maximum absolute atomic E-state index is 14.0. The van der Waals surface area contributed by atoms with Gasteiger partial charge in [-0.1, -0.05) is 6.07 Å². The summed E-state index contributed by atoms with van der Waals surface area (Å²) in [5.74, 6) is -0.988. The predicted octanol–water partition coefficient (Wildman–Crippen LogP) is 2.48. The van der Waals surface area contributed by atoms with Crippen molar-refractivity contribution < 1.29 is 18.8 Å². The lowest BCUT2D eigenvalue weighted by molar-refractivity contribution is -0.140. The number of hydrogen-bond acceptors (Lipinski definition) is 5. The van der Waals surface area contributed by atoms with Crippen molar-refractivity contribution in [3.05, 3.63) is 59.5 Å². The van der Waals surface area contributed by atoms with E-state index in [2.05, 4.69) is 11.4 Å². The third kappa shape index (κ3) is 3.44. The lowest BCUT2D eigenvalue weighted by Crippen LogP contribution is -2.57. The summed E-state index contributed by atoms with van der Waals surface area (Å²) in [6.45, 7) is 0.600. The molecule has 3 heterocycles. The van der Waals surface area contributed by atoms with E-state index in [1.807, 2.05) is 0 Å². The van der Waals surface area contributed by atoms with Crippen LogP contribution in [0.5, 0.6) is 0 Å². The van der Waals surface area contributed by atoms with Crippen LogP contribution in [-0.4, -0.2) is 53.7 Å². The molecule has 1 spiro atoms. The molecule has 2 saturated heterocycles. The molecule has 8 nitrogen and oxygen atoms in total. The lowest BCUT2D eigenvalue weighted by Gasteiger charge is -2.40. The maximum Gasteiger partial charge on any atom is 0.255 e. The van der Waals surface area contributed by atoms with Gasteiger partial charge in [-0.25, -0.2) is 0 Å². The molecule has 166 valence electrons. The van der Waals surface area contributed by atoms with Gasteiger partial charge in [0.1, 0.15) is 17.3 Å². The highest BCUT2D eigenvalue weighted by atomic mass is 16.3. The summed E-state index contributed by atoms with van der Waals surface area (Å²) in [6.07, 6.45) is 3.76. The average Bonchev–Trinajstić information content (AvgIpc) is 3.43. The number of likely N-dealkylation sites (tertiary alicyclic amines) is 2. The Bertz CT molecular complexity index is 1070. The average molecular weight is 434 g/mol. The van der Waals surface area contributed by atoms with Gasteiger partial charge in [0.05, 0.1) is 23.8 Å². The second kappa shape index (κ2) is 8.50. The lowest BCUT2D eigenvalue weighted by atomic mass is 9.85. The largest absolute Gasteiger partial charge is 0.467 e. The third-order valence-corrected chi connectivity index (χ3v) is 6.63. The molecule has 0 radical (unpaired) electrons. The summed E-state index contributed by atoms with van der Waals surface area (Å²) in [5, 5.41) is 12.0. The fourth-order valence-corrected chi connectivity index (χ4v) is 5.15. The Kier molecular flexibility index (Phi) is 5.74. The molecule has 3 amide bonds. The Hall–Kier alpha value is -3.60. The zero-order chi connectivity index (χ0) is 22.9. The summed E-state index contributed by atoms with van der Waals surface area (Å²) < 4.78 is 5.68. The quantitative estimate of drug-likeness (QED) is 0.799. The first-order valence-corrected chi connectivity index (χ1v) is 10.8. The van der Waals surface area contributed by atoms with Gasteiger partial charge in [-0.15, -0.1) is 0 Å². The molecule has 32 heavy (non-hydrogen) atoms. The van der Waals surface area contributed by atoms with Crippen molar-refractivity contribution in [2.75, 3.05) is 20.6 Å². The Labute approximate surface area is 186 Å². The summed E-state index contributed by atoms with van der Waals surface area (Å²) in [5.41, 5.74) is -0.511. The molecule has 1 N–H and O–H groups in total. The van der Waals surface area contributed by atoms with Crippen molar-refractivity contribution in [3.8, 4) is 6.07 Å². The summed E-state index contributed by atoms with van der Waals surface area (Å²) >= 11 is 0. The zero-order valence-electron chi connectivity index (χ0n) is 18.2. The molecule has 2 aliphatic rings. The number of nitrogens with zero attached hydrogens (tertiary/aromatic N) is 3. The van der Waals surface area contributed by atoms with Gasteiger partial charge in [0.2, 0.25) is 11.8 Å².